The molecule has 4 heteroatoms. The topological polar surface area (TPSA) is 57.8 Å². The molecule has 1 rings (SSSR count). The van der Waals surface area contributed by atoms with Crippen LogP contribution in [0.2, 0.25) is 0 Å². The van der Waals surface area contributed by atoms with E-state index in [1.807, 2.05) is 26.7 Å². The lowest BCUT2D eigenvalue weighted by molar-refractivity contribution is -0.111. The van der Waals surface area contributed by atoms with E-state index in [0.29, 0.717) is 5.82 Å². The number of carbonyl (C=O) groups excluding carboxylic acids is 1. The van der Waals surface area contributed by atoms with E-state index in [9.17, 15) is 4.79 Å². The van der Waals surface area contributed by atoms with Gasteiger partial charge in [-0.15, -0.1) is 6.42 Å². The van der Waals surface area contributed by atoms with Crippen LogP contribution in [-0.4, -0.2) is 16.1 Å². The molecule has 74 valence electrons. The van der Waals surface area contributed by atoms with Crippen molar-refractivity contribution in [3.63, 3.8) is 0 Å². The Morgan fingerprint density at radius 1 is 1.64 bits per heavy atom. The number of nitrogens with zero attached hydrogens (tertiary/aromatic N) is 1. The number of aromatic amines is 1. The summed E-state index contributed by atoms with van der Waals surface area (Å²) in [6.07, 6.45) is 4.91. The first kappa shape index (κ1) is 10.3. The van der Waals surface area contributed by atoms with Gasteiger partial charge in [0.1, 0.15) is 0 Å². The molecular weight excluding hydrogens is 178 g/mol. The molecule has 1 heterocycles. The van der Waals surface area contributed by atoms with Crippen molar-refractivity contribution in [2.75, 3.05) is 5.32 Å². The van der Waals surface area contributed by atoms with Gasteiger partial charge in [-0.25, -0.2) is 0 Å². The SMILES string of the molecule is C#CC(=O)Nc1cc(C(C)(C)C)[nH]n1. The van der Waals surface area contributed by atoms with Crippen LogP contribution in [0.3, 0.4) is 0 Å². The van der Waals surface area contributed by atoms with Crippen molar-refractivity contribution in [1.29, 1.82) is 0 Å². The van der Waals surface area contributed by atoms with Gasteiger partial charge in [-0.05, 0) is 5.92 Å². The molecule has 0 aliphatic rings. The standard InChI is InChI=1S/C10H13N3O/c1-5-9(14)11-8-6-7(12-13-8)10(2,3)4/h1,6H,2-4H3,(H2,11,12,13,14). The Hall–Kier alpha value is -1.76. The zero-order valence-corrected chi connectivity index (χ0v) is 8.51. The van der Waals surface area contributed by atoms with E-state index in [0.717, 1.165) is 5.69 Å². The highest BCUT2D eigenvalue weighted by atomic mass is 16.1. The molecular formula is C10H13N3O. The van der Waals surface area contributed by atoms with Crippen LogP contribution >= 0.6 is 0 Å². The van der Waals surface area contributed by atoms with Gasteiger partial charge in [0.25, 0.3) is 0 Å². The van der Waals surface area contributed by atoms with Gasteiger partial charge in [-0.2, -0.15) is 5.10 Å². The molecule has 0 atom stereocenters. The maximum atomic E-state index is 10.8. The lowest BCUT2D eigenvalue weighted by Gasteiger charge is -2.14. The van der Waals surface area contributed by atoms with Crippen LogP contribution in [0.4, 0.5) is 5.82 Å². The summed E-state index contributed by atoms with van der Waals surface area (Å²) in [4.78, 5) is 10.8. The third-order valence-electron chi connectivity index (χ3n) is 1.76. The van der Waals surface area contributed by atoms with E-state index in [-0.39, 0.29) is 5.41 Å². The van der Waals surface area contributed by atoms with Crippen LogP contribution in [0.1, 0.15) is 26.5 Å². The molecule has 1 aromatic rings. The first-order chi connectivity index (χ1) is 6.43. The molecule has 0 aliphatic carbocycles. The Kier molecular flexibility index (Phi) is 2.61. The molecule has 2 N–H and O–H groups in total. The minimum atomic E-state index is -0.489. The monoisotopic (exact) mass is 191 g/mol. The first-order valence-corrected chi connectivity index (χ1v) is 4.27. The fourth-order valence-corrected chi connectivity index (χ4v) is 0.922. The van der Waals surface area contributed by atoms with Gasteiger partial charge in [-0.3, -0.25) is 15.2 Å². The van der Waals surface area contributed by atoms with E-state index >= 15 is 0 Å². The largest absolute Gasteiger partial charge is 0.301 e. The summed E-state index contributed by atoms with van der Waals surface area (Å²) < 4.78 is 0. The number of aromatic nitrogens is 2. The fourth-order valence-electron chi connectivity index (χ4n) is 0.922. The van der Waals surface area contributed by atoms with Crippen molar-refractivity contribution in [3.05, 3.63) is 11.8 Å². The summed E-state index contributed by atoms with van der Waals surface area (Å²) in [5.41, 5.74) is 0.927. The predicted octanol–water partition coefficient (Wildman–Crippen LogP) is 1.28. The minimum absolute atomic E-state index is 0.0217. The van der Waals surface area contributed by atoms with Gasteiger partial charge in [0.15, 0.2) is 5.82 Å². The lowest BCUT2D eigenvalue weighted by atomic mass is 9.92. The van der Waals surface area contributed by atoms with E-state index < -0.39 is 5.91 Å². The molecule has 0 bridgehead atoms. The lowest BCUT2D eigenvalue weighted by Crippen LogP contribution is -2.11. The van der Waals surface area contributed by atoms with Crippen LogP contribution in [0.5, 0.6) is 0 Å². The Bertz CT molecular complexity index is 379. The molecule has 0 fully saturated rings. The minimum Gasteiger partial charge on any atom is -0.298 e. The van der Waals surface area contributed by atoms with Gasteiger partial charge in [-0.1, -0.05) is 20.8 Å². The molecule has 1 aromatic heterocycles. The maximum Gasteiger partial charge on any atom is 0.301 e. The molecule has 0 spiro atoms. The van der Waals surface area contributed by atoms with Gasteiger partial charge in [0.05, 0.1) is 0 Å². The number of anilines is 1. The molecule has 1 amide bonds. The second-order valence-electron chi connectivity index (χ2n) is 4.02. The third kappa shape index (κ3) is 2.36. The number of amides is 1. The second-order valence-corrected chi connectivity index (χ2v) is 4.02. The zero-order chi connectivity index (χ0) is 10.8. The first-order valence-electron chi connectivity index (χ1n) is 4.27. The Morgan fingerprint density at radius 2 is 2.29 bits per heavy atom. The number of hydrogen-bond donors (Lipinski definition) is 2. The summed E-state index contributed by atoms with van der Waals surface area (Å²) in [7, 11) is 0. The number of nitrogens with one attached hydrogen (secondary N) is 2. The highest BCUT2D eigenvalue weighted by Gasteiger charge is 2.16. The quantitative estimate of drug-likeness (QED) is 0.657. The Balaban J connectivity index is 2.80. The van der Waals surface area contributed by atoms with E-state index in [1.165, 1.54) is 0 Å². The summed E-state index contributed by atoms with van der Waals surface area (Å²) in [6, 6.07) is 1.77. The summed E-state index contributed by atoms with van der Waals surface area (Å²) in [5.74, 6) is 1.92. The van der Waals surface area contributed by atoms with Crippen molar-refractivity contribution in [3.8, 4) is 12.3 Å². The van der Waals surface area contributed by atoms with Crippen molar-refractivity contribution in [2.45, 2.75) is 26.2 Å². The number of hydrogen-bond acceptors (Lipinski definition) is 2. The molecule has 0 radical (unpaired) electrons. The van der Waals surface area contributed by atoms with Gasteiger partial charge < -0.3 is 0 Å². The van der Waals surface area contributed by atoms with Crippen LogP contribution in [0.15, 0.2) is 6.07 Å². The molecule has 0 saturated carbocycles. The molecule has 0 aliphatic heterocycles. The van der Waals surface area contributed by atoms with Crippen LogP contribution in [-0.2, 0) is 10.2 Å². The van der Waals surface area contributed by atoms with Gasteiger partial charge >= 0.3 is 5.91 Å². The molecule has 0 unspecified atom stereocenters. The Morgan fingerprint density at radius 3 is 2.71 bits per heavy atom. The molecule has 4 nitrogen and oxygen atoms in total. The molecule has 0 saturated heterocycles. The van der Waals surface area contributed by atoms with Crippen LogP contribution in [0, 0.1) is 12.3 Å². The summed E-state index contributed by atoms with van der Waals surface area (Å²) in [5, 5.41) is 9.23. The Labute approximate surface area is 83.1 Å². The van der Waals surface area contributed by atoms with Crippen molar-refractivity contribution in [2.24, 2.45) is 0 Å². The van der Waals surface area contributed by atoms with Crippen LogP contribution in [0.25, 0.3) is 0 Å². The van der Waals surface area contributed by atoms with Crippen LogP contribution < -0.4 is 5.32 Å². The molecule has 0 aromatic carbocycles. The average molecular weight is 191 g/mol. The van der Waals surface area contributed by atoms with Crippen molar-refractivity contribution < 1.29 is 4.79 Å². The normalized spacial score (nSPS) is 10.7. The van der Waals surface area contributed by atoms with Crippen molar-refractivity contribution >= 4 is 11.7 Å². The second kappa shape index (κ2) is 3.54. The highest BCUT2D eigenvalue weighted by Crippen LogP contribution is 2.21. The maximum absolute atomic E-state index is 10.8. The number of rotatable bonds is 1. The average Bonchev–Trinajstić information content (AvgIpc) is 2.51. The number of H-pyrrole nitrogens is 1. The third-order valence-corrected chi connectivity index (χ3v) is 1.76. The zero-order valence-electron chi connectivity index (χ0n) is 8.51. The predicted molar refractivity (Wildman–Crippen MR) is 54.8 cm³/mol. The highest BCUT2D eigenvalue weighted by molar-refractivity contribution is 6.02. The van der Waals surface area contributed by atoms with Crippen molar-refractivity contribution in [1.82, 2.24) is 10.2 Å². The van der Waals surface area contributed by atoms with Gasteiger partial charge in [0.2, 0.25) is 0 Å². The summed E-state index contributed by atoms with van der Waals surface area (Å²) in [6.45, 7) is 6.15. The molecule has 14 heavy (non-hydrogen) atoms. The number of carbonyl (C=O) groups is 1. The van der Waals surface area contributed by atoms with E-state index in [1.54, 1.807) is 6.07 Å². The fraction of sp³-hybridized carbons (Fsp3) is 0.400. The van der Waals surface area contributed by atoms with Gasteiger partial charge in [0, 0.05) is 17.2 Å². The van der Waals surface area contributed by atoms with E-state index in [4.69, 9.17) is 6.42 Å². The smallest absolute Gasteiger partial charge is 0.298 e. The number of terminal acetylenes is 1. The van der Waals surface area contributed by atoms with E-state index in [2.05, 4.69) is 15.5 Å². The summed E-state index contributed by atoms with van der Waals surface area (Å²) >= 11 is 0.